The highest BCUT2D eigenvalue weighted by molar-refractivity contribution is 5.70. The zero-order valence-electron chi connectivity index (χ0n) is 16.2. The van der Waals surface area contributed by atoms with Crippen LogP contribution in [-0.4, -0.2) is 12.6 Å². The first kappa shape index (κ1) is 19.8. The number of rotatable bonds is 7. The van der Waals surface area contributed by atoms with E-state index in [1.165, 1.54) is 5.56 Å². The van der Waals surface area contributed by atoms with Gasteiger partial charge in [0.15, 0.2) is 0 Å². The predicted molar refractivity (Wildman–Crippen MR) is 105 cm³/mol. The lowest BCUT2D eigenvalue weighted by molar-refractivity contribution is -0.143. The summed E-state index contributed by atoms with van der Waals surface area (Å²) in [5.74, 6) is 0.544. The lowest BCUT2D eigenvalue weighted by atomic mass is 9.87. The van der Waals surface area contributed by atoms with Crippen LogP contribution >= 0.6 is 0 Å². The Morgan fingerprint density at radius 3 is 2.38 bits per heavy atom. The zero-order valence-corrected chi connectivity index (χ0v) is 16.2. The third-order valence-electron chi connectivity index (χ3n) is 4.20. The van der Waals surface area contributed by atoms with E-state index < -0.39 is 0 Å². The largest absolute Gasteiger partial charge is 0.489 e. The van der Waals surface area contributed by atoms with E-state index >= 15 is 0 Å². The van der Waals surface area contributed by atoms with Crippen molar-refractivity contribution in [1.82, 2.24) is 0 Å². The third-order valence-corrected chi connectivity index (χ3v) is 4.20. The molecule has 2 aromatic carbocycles. The number of aryl methyl sites for hydroxylation is 1. The van der Waals surface area contributed by atoms with Crippen LogP contribution in [0.3, 0.4) is 0 Å². The van der Waals surface area contributed by atoms with Gasteiger partial charge >= 0.3 is 5.97 Å². The van der Waals surface area contributed by atoms with Crippen molar-refractivity contribution in [3.05, 3.63) is 59.2 Å². The minimum absolute atomic E-state index is 0.136. The number of carbonyl (C=O) groups excluding carboxylic acids is 1. The Hall–Kier alpha value is -2.49. The molecule has 0 unspecified atom stereocenters. The maximum absolute atomic E-state index is 11.6. The average molecular weight is 355 g/mol. The van der Waals surface area contributed by atoms with E-state index in [0.29, 0.717) is 31.7 Å². The van der Waals surface area contributed by atoms with Crippen molar-refractivity contribution in [2.24, 2.45) is 0 Å². The number of hydrogen-bond acceptors (Lipinski definition) is 4. The van der Waals surface area contributed by atoms with Crippen molar-refractivity contribution in [2.75, 3.05) is 12.3 Å². The van der Waals surface area contributed by atoms with Crippen molar-refractivity contribution in [3.63, 3.8) is 0 Å². The SMILES string of the molecule is CCOC(=O)CCc1cc(N)ccc1OCc1ccc(C(C)(C)C)cc1. The van der Waals surface area contributed by atoms with Gasteiger partial charge in [-0.25, -0.2) is 0 Å². The molecule has 0 aromatic heterocycles. The first-order valence-corrected chi connectivity index (χ1v) is 9.06. The van der Waals surface area contributed by atoms with Gasteiger partial charge in [0.1, 0.15) is 12.4 Å². The Morgan fingerprint density at radius 1 is 1.08 bits per heavy atom. The molecule has 0 aliphatic heterocycles. The van der Waals surface area contributed by atoms with E-state index in [9.17, 15) is 4.79 Å². The minimum Gasteiger partial charge on any atom is -0.489 e. The van der Waals surface area contributed by atoms with E-state index in [4.69, 9.17) is 15.2 Å². The molecule has 0 spiro atoms. The number of ether oxygens (including phenoxy) is 2. The second kappa shape index (κ2) is 8.75. The van der Waals surface area contributed by atoms with Crippen molar-refractivity contribution in [1.29, 1.82) is 0 Å². The summed E-state index contributed by atoms with van der Waals surface area (Å²) in [6.45, 7) is 9.26. The molecule has 0 heterocycles. The van der Waals surface area contributed by atoms with Crippen LogP contribution in [0, 0.1) is 0 Å². The van der Waals surface area contributed by atoms with Gasteiger partial charge in [0.2, 0.25) is 0 Å². The number of nitrogens with two attached hydrogens (primary N) is 1. The summed E-state index contributed by atoms with van der Waals surface area (Å²) in [5.41, 5.74) is 10.00. The molecule has 0 bridgehead atoms. The minimum atomic E-state index is -0.210. The number of benzene rings is 2. The van der Waals surface area contributed by atoms with Crippen LogP contribution in [0.4, 0.5) is 5.69 Å². The second-order valence-corrected chi connectivity index (χ2v) is 7.41. The summed E-state index contributed by atoms with van der Waals surface area (Å²) < 4.78 is 11.0. The van der Waals surface area contributed by atoms with Crippen LogP contribution in [0.2, 0.25) is 0 Å². The van der Waals surface area contributed by atoms with Crippen molar-refractivity contribution in [2.45, 2.75) is 52.6 Å². The average Bonchev–Trinajstić information content (AvgIpc) is 2.59. The van der Waals surface area contributed by atoms with Crippen molar-refractivity contribution >= 4 is 11.7 Å². The molecule has 140 valence electrons. The predicted octanol–water partition coefficient (Wildman–Crippen LogP) is 4.64. The number of nitrogen functional groups attached to an aromatic ring is 1. The molecule has 0 atom stereocenters. The molecule has 4 heteroatoms. The van der Waals surface area contributed by atoms with Gasteiger partial charge in [0.25, 0.3) is 0 Å². The maximum atomic E-state index is 11.6. The molecule has 0 saturated heterocycles. The molecule has 2 N–H and O–H groups in total. The number of esters is 1. The van der Waals surface area contributed by atoms with Gasteiger partial charge in [-0.15, -0.1) is 0 Å². The first-order chi connectivity index (χ1) is 12.3. The van der Waals surface area contributed by atoms with E-state index in [0.717, 1.165) is 16.9 Å². The Bertz CT molecular complexity index is 730. The van der Waals surface area contributed by atoms with Crippen LogP contribution in [0.25, 0.3) is 0 Å². The van der Waals surface area contributed by atoms with Crippen LogP contribution in [0.15, 0.2) is 42.5 Å². The summed E-state index contributed by atoms with van der Waals surface area (Å²) in [4.78, 5) is 11.6. The molecule has 2 aromatic rings. The van der Waals surface area contributed by atoms with Gasteiger partial charge in [-0.3, -0.25) is 4.79 Å². The molecule has 26 heavy (non-hydrogen) atoms. The highest BCUT2D eigenvalue weighted by atomic mass is 16.5. The van der Waals surface area contributed by atoms with E-state index in [-0.39, 0.29) is 11.4 Å². The Labute approximate surface area is 156 Å². The summed E-state index contributed by atoms with van der Waals surface area (Å²) in [6, 6.07) is 14.0. The molecule has 0 radical (unpaired) electrons. The molecule has 0 aliphatic carbocycles. The monoisotopic (exact) mass is 355 g/mol. The number of carbonyl (C=O) groups is 1. The molecular weight excluding hydrogens is 326 g/mol. The number of anilines is 1. The summed E-state index contributed by atoms with van der Waals surface area (Å²) in [5, 5.41) is 0. The van der Waals surface area contributed by atoms with E-state index in [1.54, 1.807) is 6.92 Å². The smallest absolute Gasteiger partial charge is 0.306 e. The van der Waals surface area contributed by atoms with Crippen LogP contribution in [0.1, 0.15) is 50.8 Å². The van der Waals surface area contributed by atoms with Gasteiger partial charge in [0.05, 0.1) is 6.61 Å². The Morgan fingerprint density at radius 2 is 1.77 bits per heavy atom. The van der Waals surface area contributed by atoms with E-state index in [2.05, 4.69) is 45.0 Å². The Balaban J connectivity index is 2.03. The lowest BCUT2D eigenvalue weighted by Gasteiger charge is -2.19. The number of hydrogen-bond donors (Lipinski definition) is 1. The zero-order chi connectivity index (χ0) is 19.2. The van der Waals surface area contributed by atoms with Gasteiger partial charge in [-0.2, -0.15) is 0 Å². The van der Waals surface area contributed by atoms with Crippen LogP contribution < -0.4 is 10.5 Å². The fourth-order valence-electron chi connectivity index (χ4n) is 2.67. The highest BCUT2D eigenvalue weighted by Gasteiger charge is 2.13. The van der Waals surface area contributed by atoms with Gasteiger partial charge < -0.3 is 15.2 Å². The van der Waals surface area contributed by atoms with Gasteiger partial charge in [-0.1, -0.05) is 45.0 Å². The summed E-state index contributed by atoms with van der Waals surface area (Å²) in [6.07, 6.45) is 0.857. The van der Waals surface area contributed by atoms with Gasteiger partial charge in [0, 0.05) is 12.1 Å². The van der Waals surface area contributed by atoms with Gasteiger partial charge in [-0.05, 0) is 53.6 Å². The lowest BCUT2D eigenvalue weighted by Crippen LogP contribution is -2.11. The van der Waals surface area contributed by atoms with Crippen molar-refractivity contribution in [3.8, 4) is 5.75 Å². The summed E-state index contributed by atoms with van der Waals surface area (Å²) in [7, 11) is 0. The fraction of sp³-hybridized carbons (Fsp3) is 0.409. The standard InChI is InChI=1S/C22H29NO3/c1-5-25-21(24)13-8-17-14-19(23)11-12-20(17)26-15-16-6-9-18(10-7-16)22(2,3)4/h6-7,9-12,14H,5,8,13,15,23H2,1-4H3. The third kappa shape index (κ3) is 5.80. The van der Waals surface area contributed by atoms with Crippen molar-refractivity contribution < 1.29 is 14.3 Å². The van der Waals surface area contributed by atoms with E-state index in [1.807, 2.05) is 18.2 Å². The quantitative estimate of drug-likeness (QED) is 0.580. The van der Waals surface area contributed by atoms with Crippen LogP contribution in [-0.2, 0) is 28.0 Å². The second-order valence-electron chi connectivity index (χ2n) is 7.41. The molecule has 0 amide bonds. The molecule has 2 rings (SSSR count). The highest BCUT2D eigenvalue weighted by Crippen LogP contribution is 2.25. The maximum Gasteiger partial charge on any atom is 0.306 e. The molecular formula is C22H29NO3. The molecule has 0 saturated carbocycles. The summed E-state index contributed by atoms with van der Waals surface area (Å²) >= 11 is 0. The fourth-order valence-corrected chi connectivity index (χ4v) is 2.67. The van der Waals surface area contributed by atoms with Crippen LogP contribution in [0.5, 0.6) is 5.75 Å². The topological polar surface area (TPSA) is 61.5 Å². The first-order valence-electron chi connectivity index (χ1n) is 9.06. The molecule has 0 aliphatic rings. The molecule has 4 nitrogen and oxygen atoms in total. The Kier molecular flexibility index (Phi) is 6.67. The molecule has 0 fully saturated rings. The normalized spacial score (nSPS) is 11.2.